The molecule has 12 rings (SSSR count). The zero-order valence-corrected chi connectivity index (χ0v) is 32.0. The summed E-state index contributed by atoms with van der Waals surface area (Å²) in [6.07, 6.45) is 0. The molecule has 0 aliphatic heterocycles. The third-order valence-electron chi connectivity index (χ3n) is 12.9. The van der Waals surface area contributed by atoms with Gasteiger partial charge in [-0.2, -0.15) is 0 Å². The zero-order valence-electron chi connectivity index (χ0n) is 32.0. The molecular formula is C57H38. The molecule has 0 atom stereocenters. The Morgan fingerprint density at radius 1 is 0.281 bits per heavy atom. The van der Waals surface area contributed by atoms with Crippen LogP contribution in [0.1, 0.15) is 25.0 Å². The molecule has 0 fully saturated rings. The SMILES string of the molecule is CC1(C)c2cc3ccccc3cc2-c2cc(-c3cccc(-c4ccc5cc(-c6cc7ccc8ccccc8c7c7ccccc67)ccc5c4)c3)c3ccccc3c21. The molecule has 266 valence electrons. The number of hydrogen-bond donors (Lipinski definition) is 0. The van der Waals surface area contributed by atoms with E-state index in [4.69, 9.17) is 0 Å². The quantitative estimate of drug-likeness (QED) is 0.159. The van der Waals surface area contributed by atoms with Gasteiger partial charge in [-0.25, -0.2) is 0 Å². The van der Waals surface area contributed by atoms with Gasteiger partial charge in [0, 0.05) is 5.41 Å². The lowest BCUT2D eigenvalue weighted by atomic mass is 9.79. The number of hydrogen-bond acceptors (Lipinski definition) is 0. The fourth-order valence-corrected chi connectivity index (χ4v) is 10.2. The van der Waals surface area contributed by atoms with Crippen LogP contribution in [0.15, 0.2) is 194 Å². The van der Waals surface area contributed by atoms with Crippen molar-refractivity contribution in [1.82, 2.24) is 0 Å². The van der Waals surface area contributed by atoms with E-state index in [0.717, 1.165) is 0 Å². The van der Waals surface area contributed by atoms with E-state index in [9.17, 15) is 0 Å². The van der Waals surface area contributed by atoms with Crippen LogP contribution in [0.5, 0.6) is 0 Å². The Bertz CT molecular complexity index is 3490. The second-order valence-corrected chi connectivity index (χ2v) is 16.5. The second-order valence-electron chi connectivity index (χ2n) is 16.5. The molecule has 0 saturated heterocycles. The largest absolute Gasteiger partial charge is 0.0616 e. The van der Waals surface area contributed by atoms with Gasteiger partial charge in [-0.3, -0.25) is 0 Å². The highest BCUT2D eigenvalue weighted by atomic mass is 14.4. The average molecular weight is 723 g/mol. The van der Waals surface area contributed by atoms with Crippen molar-refractivity contribution in [3.05, 3.63) is 205 Å². The van der Waals surface area contributed by atoms with Crippen LogP contribution < -0.4 is 0 Å². The fourth-order valence-electron chi connectivity index (χ4n) is 10.2. The van der Waals surface area contributed by atoms with Gasteiger partial charge in [0.2, 0.25) is 0 Å². The summed E-state index contributed by atoms with van der Waals surface area (Å²) >= 11 is 0. The lowest BCUT2D eigenvalue weighted by Gasteiger charge is -2.24. The molecule has 0 aromatic heterocycles. The van der Waals surface area contributed by atoms with Gasteiger partial charge in [-0.15, -0.1) is 0 Å². The molecular weight excluding hydrogens is 685 g/mol. The first-order valence-corrected chi connectivity index (χ1v) is 20.1. The van der Waals surface area contributed by atoms with Crippen molar-refractivity contribution in [3.8, 4) is 44.5 Å². The van der Waals surface area contributed by atoms with Gasteiger partial charge in [0.15, 0.2) is 0 Å². The minimum Gasteiger partial charge on any atom is -0.0616 e. The Hall–Kier alpha value is -7.02. The summed E-state index contributed by atoms with van der Waals surface area (Å²) in [6.45, 7) is 4.79. The highest BCUT2D eigenvalue weighted by Gasteiger charge is 2.38. The predicted molar refractivity (Wildman–Crippen MR) is 245 cm³/mol. The van der Waals surface area contributed by atoms with Crippen LogP contribution in [0, 0.1) is 0 Å². The number of fused-ring (bicyclic) bond motifs is 12. The number of benzene rings is 11. The van der Waals surface area contributed by atoms with Crippen LogP contribution in [-0.4, -0.2) is 0 Å². The molecule has 0 amide bonds. The van der Waals surface area contributed by atoms with E-state index >= 15 is 0 Å². The summed E-state index contributed by atoms with van der Waals surface area (Å²) in [5.74, 6) is 0. The van der Waals surface area contributed by atoms with Crippen LogP contribution in [0.2, 0.25) is 0 Å². The van der Waals surface area contributed by atoms with Gasteiger partial charge in [0.25, 0.3) is 0 Å². The van der Waals surface area contributed by atoms with E-state index in [0.29, 0.717) is 0 Å². The third kappa shape index (κ3) is 4.81. The molecule has 0 N–H and O–H groups in total. The molecule has 0 unspecified atom stereocenters. The summed E-state index contributed by atoms with van der Waals surface area (Å²) in [4.78, 5) is 0. The van der Waals surface area contributed by atoms with Crippen molar-refractivity contribution in [2.24, 2.45) is 0 Å². The Balaban J connectivity index is 0.963. The van der Waals surface area contributed by atoms with E-state index in [1.165, 1.54) is 120 Å². The van der Waals surface area contributed by atoms with E-state index in [1.54, 1.807) is 0 Å². The maximum Gasteiger partial charge on any atom is 0.0165 e. The van der Waals surface area contributed by atoms with Crippen molar-refractivity contribution in [2.45, 2.75) is 19.3 Å². The summed E-state index contributed by atoms with van der Waals surface area (Å²) in [5.41, 5.74) is 12.9. The highest BCUT2D eigenvalue weighted by molar-refractivity contribution is 6.23. The smallest absolute Gasteiger partial charge is 0.0165 e. The van der Waals surface area contributed by atoms with Crippen molar-refractivity contribution in [3.63, 3.8) is 0 Å². The van der Waals surface area contributed by atoms with Gasteiger partial charge < -0.3 is 0 Å². The fraction of sp³-hybridized carbons (Fsp3) is 0.0526. The Kier molecular flexibility index (Phi) is 6.78. The molecule has 0 nitrogen and oxygen atoms in total. The molecule has 1 aliphatic carbocycles. The normalized spacial score (nSPS) is 13.2. The topological polar surface area (TPSA) is 0 Å². The van der Waals surface area contributed by atoms with Crippen LogP contribution in [0.25, 0.3) is 109 Å². The van der Waals surface area contributed by atoms with Gasteiger partial charge >= 0.3 is 0 Å². The molecule has 11 aromatic carbocycles. The molecule has 0 radical (unpaired) electrons. The lowest BCUT2D eigenvalue weighted by molar-refractivity contribution is 0.667. The van der Waals surface area contributed by atoms with E-state index in [-0.39, 0.29) is 5.41 Å². The number of rotatable bonds is 3. The van der Waals surface area contributed by atoms with Crippen molar-refractivity contribution < 1.29 is 0 Å². The molecule has 11 aromatic rings. The first-order valence-electron chi connectivity index (χ1n) is 20.1. The first kappa shape index (κ1) is 32.2. The van der Waals surface area contributed by atoms with Crippen LogP contribution in [-0.2, 0) is 5.41 Å². The second kappa shape index (κ2) is 12.0. The van der Waals surface area contributed by atoms with Crippen LogP contribution in [0.4, 0.5) is 0 Å². The first-order chi connectivity index (χ1) is 28.0. The molecule has 0 heteroatoms. The summed E-state index contributed by atoms with van der Waals surface area (Å²) in [5, 5.41) is 15.5. The van der Waals surface area contributed by atoms with Crippen LogP contribution >= 0.6 is 0 Å². The van der Waals surface area contributed by atoms with E-state index in [2.05, 4.69) is 208 Å². The highest BCUT2D eigenvalue weighted by Crippen LogP contribution is 2.54. The summed E-state index contributed by atoms with van der Waals surface area (Å²) in [7, 11) is 0. The third-order valence-corrected chi connectivity index (χ3v) is 12.9. The minimum atomic E-state index is -0.101. The molecule has 0 saturated carbocycles. The molecule has 57 heavy (non-hydrogen) atoms. The predicted octanol–water partition coefficient (Wildman–Crippen LogP) is 15.9. The molecule has 0 spiro atoms. The standard InChI is InChI=1S/C57H38/c1-57(2)54-33-38-14-4-3-13-37(38)31-52(54)53-34-51(47-19-8-10-21-49(47)56(53)57)42-16-11-15-36(29-42)39-23-24-41-30-43(26-25-40(41)28-39)50-32-44-27-22-35-12-5-6-17-45(35)55(44)48-20-9-7-18-46(48)50/h3-34H,1-2H3. The van der Waals surface area contributed by atoms with Crippen molar-refractivity contribution >= 4 is 64.6 Å². The Morgan fingerprint density at radius 3 is 1.56 bits per heavy atom. The molecule has 0 bridgehead atoms. The Labute approximate surface area is 332 Å². The molecule has 1 aliphatic rings. The van der Waals surface area contributed by atoms with Crippen LogP contribution in [0.3, 0.4) is 0 Å². The van der Waals surface area contributed by atoms with E-state index < -0.39 is 0 Å². The lowest BCUT2D eigenvalue weighted by Crippen LogP contribution is -2.15. The van der Waals surface area contributed by atoms with E-state index in [1.807, 2.05) is 0 Å². The summed E-state index contributed by atoms with van der Waals surface area (Å²) in [6, 6.07) is 72.7. The summed E-state index contributed by atoms with van der Waals surface area (Å²) < 4.78 is 0. The maximum atomic E-state index is 2.47. The van der Waals surface area contributed by atoms with Gasteiger partial charge in [-0.05, 0) is 163 Å². The van der Waals surface area contributed by atoms with Crippen molar-refractivity contribution in [1.29, 1.82) is 0 Å². The Morgan fingerprint density at radius 2 is 0.772 bits per heavy atom. The molecule has 0 heterocycles. The van der Waals surface area contributed by atoms with Crippen molar-refractivity contribution in [2.75, 3.05) is 0 Å². The van der Waals surface area contributed by atoms with Gasteiger partial charge in [-0.1, -0.05) is 166 Å². The average Bonchev–Trinajstić information content (AvgIpc) is 3.49. The zero-order chi connectivity index (χ0) is 37.8. The van der Waals surface area contributed by atoms with Gasteiger partial charge in [0.05, 0.1) is 0 Å². The minimum absolute atomic E-state index is 0.101. The maximum absolute atomic E-state index is 2.47. The van der Waals surface area contributed by atoms with Gasteiger partial charge in [0.1, 0.15) is 0 Å². The monoisotopic (exact) mass is 722 g/mol.